The minimum absolute atomic E-state index is 0.0489. The lowest BCUT2D eigenvalue weighted by Crippen LogP contribution is -2.26. The third-order valence-electron chi connectivity index (χ3n) is 4.57. The fourth-order valence-electron chi connectivity index (χ4n) is 2.85. The Hall–Kier alpha value is -2.56. The summed E-state index contributed by atoms with van der Waals surface area (Å²) in [5.74, 6) is -0.177. The SMILES string of the molecule is CC1=C(C)C(=O)C(CCCC(=O)NCCc2ccccn2)=C(C)C1=O. The van der Waals surface area contributed by atoms with E-state index in [1.165, 1.54) is 0 Å². The van der Waals surface area contributed by atoms with Crippen LogP contribution in [0, 0.1) is 0 Å². The van der Waals surface area contributed by atoms with Gasteiger partial charge in [0.05, 0.1) is 0 Å². The molecule has 0 saturated carbocycles. The molecule has 0 atom stereocenters. The Morgan fingerprint density at radius 2 is 1.72 bits per heavy atom. The van der Waals surface area contributed by atoms with Crippen molar-refractivity contribution in [3.05, 3.63) is 52.4 Å². The topological polar surface area (TPSA) is 76.1 Å². The average Bonchev–Trinajstić information content (AvgIpc) is 2.62. The van der Waals surface area contributed by atoms with Crippen molar-refractivity contribution in [1.29, 1.82) is 0 Å². The number of carbonyl (C=O) groups is 3. The molecule has 1 aromatic heterocycles. The number of nitrogens with zero attached hydrogens (tertiary/aromatic N) is 1. The molecule has 0 spiro atoms. The molecular formula is C20H24N2O3. The number of allylic oxidation sites excluding steroid dienone is 4. The zero-order valence-corrected chi connectivity index (χ0v) is 15.0. The number of aromatic nitrogens is 1. The Balaban J connectivity index is 1.77. The number of hydrogen-bond donors (Lipinski definition) is 1. The predicted molar refractivity (Wildman–Crippen MR) is 95.9 cm³/mol. The summed E-state index contributed by atoms with van der Waals surface area (Å²) in [4.78, 5) is 40.5. The van der Waals surface area contributed by atoms with E-state index >= 15 is 0 Å². The quantitative estimate of drug-likeness (QED) is 0.774. The van der Waals surface area contributed by atoms with Crippen LogP contribution < -0.4 is 5.32 Å². The Morgan fingerprint density at radius 1 is 1.00 bits per heavy atom. The summed E-state index contributed by atoms with van der Waals surface area (Å²) in [5.41, 5.74) is 3.05. The maximum Gasteiger partial charge on any atom is 0.220 e. The third kappa shape index (κ3) is 4.72. The molecule has 2 rings (SSSR count). The zero-order chi connectivity index (χ0) is 18.4. The molecule has 0 unspecified atom stereocenters. The molecule has 25 heavy (non-hydrogen) atoms. The second-order valence-corrected chi connectivity index (χ2v) is 6.29. The van der Waals surface area contributed by atoms with Crippen molar-refractivity contribution in [3.8, 4) is 0 Å². The first-order valence-electron chi connectivity index (χ1n) is 8.55. The van der Waals surface area contributed by atoms with E-state index < -0.39 is 0 Å². The van der Waals surface area contributed by atoms with Gasteiger partial charge in [-0.05, 0) is 45.7 Å². The lowest BCUT2D eigenvalue weighted by atomic mass is 9.84. The van der Waals surface area contributed by atoms with Crippen molar-refractivity contribution in [2.24, 2.45) is 0 Å². The van der Waals surface area contributed by atoms with Gasteiger partial charge in [-0.2, -0.15) is 0 Å². The number of ketones is 2. The van der Waals surface area contributed by atoms with Gasteiger partial charge in [-0.15, -0.1) is 0 Å². The molecule has 1 aliphatic rings. The van der Waals surface area contributed by atoms with Gasteiger partial charge in [0, 0.05) is 53.6 Å². The fourth-order valence-corrected chi connectivity index (χ4v) is 2.85. The van der Waals surface area contributed by atoms with E-state index in [0.717, 1.165) is 5.69 Å². The molecule has 132 valence electrons. The third-order valence-corrected chi connectivity index (χ3v) is 4.57. The van der Waals surface area contributed by atoms with Crippen LogP contribution in [0.5, 0.6) is 0 Å². The summed E-state index contributed by atoms with van der Waals surface area (Å²) in [6.45, 7) is 5.60. The van der Waals surface area contributed by atoms with Crippen LogP contribution in [0.15, 0.2) is 46.7 Å². The normalized spacial score (nSPS) is 15.0. The molecule has 5 heteroatoms. The smallest absolute Gasteiger partial charge is 0.220 e. The van der Waals surface area contributed by atoms with E-state index in [2.05, 4.69) is 10.3 Å². The van der Waals surface area contributed by atoms with Crippen molar-refractivity contribution in [2.45, 2.75) is 46.5 Å². The molecule has 1 aliphatic carbocycles. The van der Waals surface area contributed by atoms with Crippen molar-refractivity contribution >= 4 is 17.5 Å². The largest absolute Gasteiger partial charge is 0.356 e. The minimum Gasteiger partial charge on any atom is -0.356 e. The van der Waals surface area contributed by atoms with Crippen LogP contribution >= 0.6 is 0 Å². The Labute approximate surface area is 148 Å². The predicted octanol–water partition coefficient (Wildman–Crippen LogP) is 2.72. The minimum atomic E-state index is -0.0647. The standard InChI is InChI=1S/C20H24N2O3/c1-13-14(2)20(25)17(15(3)19(13)24)8-6-9-18(23)22-12-10-16-7-4-5-11-21-16/h4-5,7,11H,6,8-10,12H2,1-3H3,(H,22,23). The number of carbonyl (C=O) groups excluding carboxylic acids is 3. The number of Topliss-reactive ketones (excluding diaryl/α,β-unsaturated/α-hetero) is 2. The average molecular weight is 340 g/mol. The molecule has 0 radical (unpaired) electrons. The van der Waals surface area contributed by atoms with Gasteiger partial charge in [0.25, 0.3) is 0 Å². The van der Waals surface area contributed by atoms with Gasteiger partial charge in [-0.25, -0.2) is 0 Å². The Bertz CT molecular complexity index is 745. The lowest BCUT2D eigenvalue weighted by Gasteiger charge is -2.18. The number of nitrogens with one attached hydrogen (secondary N) is 1. The second kappa shape index (κ2) is 8.51. The molecule has 0 aromatic carbocycles. The highest BCUT2D eigenvalue weighted by Gasteiger charge is 2.27. The van der Waals surface area contributed by atoms with Crippen molar-refractivity contribution in [1.82, 2.24) is 10.3 Å². The van der Waals surface area contributed by atoms with Gasteiger partial charge in [0.2, 0.25) is 5.91 Å². The molecular weight excluding hydrogens is 316 g/mol. The van der Waals surface area contributed by atoms with E-state index in [4.69, 9.17) is 0 Å². The van der Waals surface area contributed by atoms with Crippen LogP contribution in [0.1, 0.15) is 45.7 Å². The van der Waals surface area contributed by atoms with E-state index in [9.17, 15) is 14.4 Å². The summed E-state index contributed by atoms with van der Waals surface area (Å²) >= 11 is 0. The van der Waals surface area contributed by atoms with Gasteiger partial charge in [-0.1, -0.05) is 6.07 Å². The maximum absolute atomic E-state index is 12.3. The number of hydrogen-bond acceptors (Lipinski definition) is 4. The highest BCUT2D eigenvalue weighted by Crippen LogP contribution is 2.27. The van der Waals surface area contributed by atoms with Crippen LogP contribution in [0.4, 0.5) is 0 Å². The first-order chi connectivity index (χ1) is 11.9. The van der Waals surface area contributed by atoms with Crippen LogP contribution in [0.25, 0.3) is 0 Å². The zero-order valence-electron chi connectivity index (χ0n) is 15.0. The highest BCUT2D eigenvalue weighted by molar-refractivity contribution is 6.24. The first-order valence-corrected chi connectivity index (χ1v) is 8.55. The summed E-state index contributed by atoms with van der Waals surface area (Å²) < 4.78 is 0. The van der Waals surface area contributed by atoms with Crippen molar-refractivity contribution in [2.75, 3.05) is 6.54 Å². The maximum atomic E-state index is 12.3. The summed E-state index contributed by atoms with van der Waals surface area (Å²) in [6, 6.07) is 5.69. The molecule has 5 nitrogen and oxygen atoms in total. The van der Waals surface area contributed by atoms with Crippen LogP contribution in [-0.2, 0) is 20.8 Å². The fraction of sp³-hybridized carbons (Fsp3) is 0.400. The molecule has 1 N–H and O–H groups in total. The lowest BCUT2D eigenvalue weighted by molar-refractivity contribution is -0.121. The molecule has 0 bridgehead atoms. The molecule has 0 aliphatic heterocycles. The van der Waals surface area contributed by atoms with E-state index in [-0.39, 0.29) is 17.5 Å². The first kappa shape index (κ1) is 18.8. The monoisotopic (exact) mass is 340 g/mol. The van der Waals surface area contributed by atoms with Crippen molar-refractivity contribution in [3.63, 3.8) is 0 Å². The Kier molecular flexibility index (Phi) is 6.39. The molecule has 1 aromatic rings. The van der Waals surface area contributed by atoms with Gasteiger partial charge in [-0.3, -0.25) is 19.4 Å². The molecule has 0 saturated heterocycles. The van der Waals surface area contributed by atoms with E-state index in [1.807, 2.05) is 18.2 Å². The van der Waals surface area contributed by atoms with Gasteiger partial charge in [0.15, 0.2) is 11.6 Å². The summed E-state index contributed by atoms with van der Waals surface area (Å²) in [5, 5.41) is 2.86. The number of rotatable bonds is 7. The summed E-state index contributed by atoms with van der Waals surface area (Å²) in [7, 11) is 0. The molecule has 0 fully saturated rings. The van der Waals surface area contributed by atoms with Crippen LogP contribution in [0.2, 0.25) is 0 Å². The summed E-state index contributed by atoms with van der Waals surface area (Å²) in [6.07, 6.45) is 3.76. The number of amides is 1. The van der Waals surface area contributed by atoms with Crippen LogP contribution in [-0.4, -0.2) is 29.0 Å². The highest BCUT2D eigenvalue weighted by atomic mass is 16.2. The van der Waals surface area contributed by atoms with Crippen LogP contribution in [0.3, 0.4) is 0 Å². The molecule has 1 amide bonds. The second-order valence-electron chi connectivity index (χ2n) is 6.29. The van der Waals surface area contributed by atoms with Gasteiger partial charge < -0.3 is 5.32 Å². The van der Waals surface area contributed by atoms with Gasteiger partial charge >= 0.3 is 0 Å². The van der Waals surface area contributed by atoms with Crippen molar-refractivity contribution < 1.29 is 14.4 Å². The Morgan fingerprint density at radius 3 is 2.40 bits per heavy atom. The van der Waals surface area contributed by atoms with E-state index in [0.29, 0.717) is 54.5 Å². The van der Waals surface area contributed by atoms with E-state index in [1.54, 1.807) is 27.0 Å². The van der Waals surface area contributed by atoms with Gasteiger partial charge in [0.1, 0.15) is 0 Å². The number of pyridine rings is 1. The molecule has 1 heterocycles.